The third-order valence-electron chi connectivity index (χ3n) is 12.6. The normalized spacial score (nSPS) is 15.0. The second-order valence-electron chi connectivity index (χ2n) is 18.6. The number of rotatable bonds is 47. The van der Waals surface area contributed by atoms with Gasteiger partial charge in [0.25, 0.3) is 0 Å². The second-order valence-corrected chi connectivity index (χ2v) is 20.3. The number of piperidine rings is 1. The number of carbonyl (C=O) groups is 2. The smallest absolute Gasteiger partial charge is 0.462 e. The highest BCUT2D eigenvalue weighted by Crippen LogP contribution is 2.49. The highest BCUT2D eigenvalue weighted by atomic mass is 31.2. The Labute approximate surface area is 388 Å². The maximum Gasteiger partial charge on any atom is 0.474 e. The standard InChI is InChI=1S/C52H99N2O8P/c1-4-7-9-11-13-15-17-19-21-23-25-27-29-31-33-37-51(55)58-47-50(62-52(56)38-34-32-30-28-26-24-22-20-18-16-14-12-10-8-5-2)48-61-63(57,59-45-35-41-53)60-46-44-54-42-39-49(36-6-3)40-43-54/h49-50H,4-40,42-48H2,1-3H3. The van der Waals surface area contributed by atoms with Crippen molar-refractivity contribution in [1.29, 1.82) is 5.26 Å². The van der Waals surface area contributed by atoms with Crippen LogP contribution in [0.3, 0.4) is 0 Å². The number of phosphoric ester groups is 1. The molecule has 11 heteroatoms. The Kier molecular flexibility index (Phi) is 41.9. The highest BCUT2D eigenvalue weighted by Gasteiger charge is 2.30. The molecule has 1 saturated heterocycles. The van der Waals surface area contributed by atoms with E-state index in [1.54, 1.807) is 0 Å². The molecule has 1 aliphatic rings. The lowest BCUT2D eigenvalue weighted by Crippen LogP contribution is -2.36. The molecule has 0 aromatic rings. The Balaban J connectivity index is 2.50. The summed E-state index contributed by atoms with van der Waals surface area (Å²) in [6.45, 7) is 8.78. The van der Waals surface area contributed by atoms with Gasteiger partial charge >= 0.3 is 19.8 Å². The molecule has 0 spiro atoms. The van der Waals surface area contributed by atoms with E-state index >= 15 is 0 Å². The summed E-state index contributed by atoms with van der Waals surface area (Å²) >= 11 is 0. The first-order chi connectivity index (χ1) is 30.9. The number of nitrogens with zero attached hydrogens (tertiary/aromatic N) is 2. The Morgan fingerprint density at radius 1 is 0.556 bits per heavy atom. The number of nitriles is 1. The molecule has 63 heavy (non-hydrogen) atoms. The van der Waals surface area contributed by atoms with Crippen molar-refractivity contribution in [3.05, 3.63) is 0 Å². The first-order valence-electron chi connectivity index (χ1n) is 26.8. The van der Waals surface area contributed by atoms with Crippen molar-refractivity contribution in [2.45, 2.75) is 264 Å². The molecule has 2 unspecified atom stereocenters. The van der Waals surface area contributed by atoms with Crippen LogP contribution in [0.2, 0.25) is 0 Å². The zero-order valence-corrected chi connectivity index (χ0v) is 42.3. The Morgan fingerprint density at radius 3 is 1.40 bits per heavy atom. The van der Waals surface area contributed by atoms with Gasteiger partial charge in [-0.05, 0) is 44.7 Å². The van der Waals surface area contributed by atoms with Crippen LogP contribution in [-0.2, 0) is 37.2 Å². The minimum Gasteiger partial charge on any atom is -0.462 e. The monoisotopic (exact) mass is 911 g/mol. The molecule has 0 aromatic heterocycles. The van der Waals surface area contributed by atoms with E-state index < -0.39 is 19.9 Å². The molecule has 1 aliphatic heterocycles. The number of phosphoric acid groups is 1. The summed E-state index contributed by atoms with van der Waals surface area (Å²) in [7, 11) is -4.09. The molecule has 0 saturated carbocycles. The van der Waals surface area contributed by atoms with E-state index in [0.717, 1.165) is 70.4 Å². The lowest BCUT2D eigenvalue weighted by molar-refractivity contribution is -0.161. The summed E-state index contributed by atoms with van der Waals surface area (Å²) in [5.41, 5.74) is 0. The summed E-state index contributed by atoms with van der Waals surface area (Å²) in [6.07, 6.45) is 41.8. The first kappa shape index (κ1) is 59.5. The number of carbonyl (C=O) groups excluding carboxylic acids is 2. The van der Waals surface area contributed by atoms with Crippen molar-refractivity contribution in [2.24, 2.45) is 5.92 Å². The topological polar surface area (TPSA) is 124 Å². The van der Waals surface area contributed by atoms with Gasteiger partial charge < -0.3 is 14.4 Å². The Morgan fingerprint density at radius 2 is 0.968 bits per heavy atom. The van der Waals surface area contributed by atoms with Gasteiger partial charge in [0.15, 0.2) is 6.10 Å². The van der Waals surface area contributed by atoms with Crippen LogP contribution in [0, 0.1) is 17.2 Å². The van der Waals surface area contributed by atoms with Crippen LogP contribution in [-0.4, -0.2) is 69.0 Å². The SMILES string of the molecule is CCCCCCCCCCCCCCCCCC(=O)OCC(COP(=O)(OCCC#N)OCCN1CCC(CCC)CC1)OC(=O)CCCCCCCCCCCCCCCCC. The minimum absolute atomic E-state index is 0.0241. The highest BCUT2D eigenvalue weighted by molar-refractivity contribution is 7.48. The summed E-state index contributed by atoms with van der Waals surface area (Å²) in [6, 6.07) is 2.00. The largest absolute Gasteiger partial charge is 0.474 e. The molecule has 1 fully saturated rings. The van der Waals surface area contributed by atoms with E-state index in [2.05, 4.69) is 25.7 Å². The predicted octanol–water partition coefficient (Wildman–Crippen LogP) is 15.5. The maximum absolute atomic E-state index is 13.7. The van der Waals surface area contributed by atoms with Crippen LogP contribution in [0.15, 0.2) is 0 Å². The number of hydrogen-bond donors (Lipinski definition) is 0. The zero-order valence-electron chi connectivity index (χ0n) is 41.4. The van der Waals surface area contributed by atoms with Crippen LogP contribution in [0.5, 0.6) is 0 Å². The molecule has 0 N–H and O–H groups in total. The van der Waals surface area contributed by atoms with E-state index in [0.29, 0.717) is 13.0 Å². The maximum atomic E-state index is 13.7. The molecule has 0 aromatic carbocycles. The summed E-state index contributed by atoms with van der Waals surface area (Å²) in [5, 5.41) is 9.08. The zero-order chi connectivity index (χ0) is 45.7. The molecule has 2 atom stereocenters. The van der Waals surface area contributed by atoms with Gasteiger partial charge in [-0.15, -0.1) is 0 Å². The Hall–Kier alpha value is -1.50. The number of likely N-dealkylation sites (tertiary alicyclic amines) is 1. The van der Waals surface area contributed by atoms with E-state index in [1.165, 1.54) is 167 Å². The summed E-state index contributed by atoms with van der Waals surface area (Å²) in [5.74, 6) is 0.0119. The Bertz CT molecular complexity index is 1130. The average molecular weight is 911 g/mol. The van der Waals surface area contributed by atoms with Crippen LogP contribution in [0.4, 0.5) is 0 Å². The number of unbranched alkanes of at least 4 members (excludes halogenated alkanes) is 28. The fourth-order valence-electron chi connectivity index (χ4n) is 8.58. The second kappa shape index (κ2) is 44.3. The van der Waals surface area contributed by atoms with Gasteiger partial charge in [-0.3, -0.25) is 23.2 Å². The van der Waals surface area contributed by atoms with Gasteiger partial charge in [-0.2, -0.15) is 5.26 Å². The minimum atomic E-state index is -4.09. The third-order valence-corrected chi connectivity index (χ3v) is 14.1. The van der Waals surface area contributed by atoms with Crippen molar-refractivity contribution in [1.82, 2.24) is 4.90 Å². The van der Waals surface area contributed by atoms with Crippen molar-refractivity contribution in [2.75, 3.05) is 46.1 Å². The molecule has 0 aliphatic carbocycles. The number of ether oxygens (including phenoxy) is 2. The molecule has 0 radical (unpaired) electrons. The fourth-order valence-corrected chi connectivity index (χ4v) is 9.77. The first-order valence-corrected chi connectivity index (χ1v) is 28.3. The van der Waals surface area contributed by atoms with Gasteiger partial charge in [0.2, 0.25) is 0 Å². The quantitative estimate of drug-likeness (QED) is 0.0331. The molecule has 0 bridgehead atoms. The van der Waals surface area contributed by atoms with E-state index in [1.807, 2.05) is 6.07 Å². The lowest BCUT2D eigenvalue weighted by Gasteiger charge is -2.32. The fraction of sp³-hybridized carbons (Fsp3) is 0.942. The molecule has 10 nitrogen and oxygen atoms in total. The van der Waals surface area contributed by atoms with Crippen LogP contribution >= 0.6 is 7.82 Å². The third kappa shape index (κ3) is 38.3. The van der Waals surface area contributed by atoms with E-state index in [-0.39, 0.29) is 45.2 Å². The molecule has 370 valence electrons. The van der Waals surface area contributed by atoms with Crippen LogP contribution in [0.25, 0.3) is 0 Å². The van der Waals surface area contributed by atoms with Crippen molar-refractivity contribution in [3.8, 4) is 6.07 Å². The van der Waals surface area contributed by atoms with Crippen LogP contribution in [0.1, 0.15) is 258 Å². The van der Waals surface area contributed by atoms with Crippen LogP contribution < -0.4 is 0 Å². The van der Waals surface area contributed by atoms with E-state index in [4.69, 9.17) is 28.3 Å². The summed E-state index contributed by atoms with van der Waals surface area (Å²) < 4.78 is 42.1. The molecular formula is C52H99N2O8P. The number of hydrogen-bond acceptors (Lipinski definition) is 10. The average Bonchev–Trinajstić information content (AvgIpc) is 3.28. The van der Waals surface area contributed by atoms with Crippen molar-refractivity contribution >= 4 is 19.8 Å². The molecule has 1 heterocycles. The van der Waals surface area contributed by atoms with Gasteiger partial charge in [-0.1, -0.05) is 213 Å². The molecule has 0 amide bonds. The van der Waals surface area contributed by atoms with Crippen molar-refractivity contribution in [3.63, 3.8) is 0 Å². The van der Waals surface area contributed by atoms with Crippen molar-refractivity contribution < 1.29 is 37.2 Å². The van der Waals surface area contributed by atoms with Gasteiger partial charge in [-0.25, -0.2) is 4.57 Å². The van der Waals surface area contributed by atoms with Gasteiger partial charge in [0.1, 0.15) is 6.61 Å². The number of esters is 2. The molecular weight excluding hydrogens is 812 g/mol. The summed E-state index contributed by atoms with van der Waals surface area (Å²) in [4.78, 5) is 28.1. The van der Waals surface area contributed by atoms with Gasteiger partial charge in [0.05, 0.1) is 32.3 Å². The molecule has 1 rings (SSSR count). The predicted molar refractivity (Wildman–Crippen MR) is 260 cm³/mol. The van der Waals surface area contributed by atoms with E-state index in [9.17, 15) is 14.2 Å². The lowest BCUT2D eigenvalue weighted by atomic mass is 9.92. The van der Waals surface area contributed by atoms with Gasteiger partial charge in [0, 0.05) is 19.4 Å².